The van der Waals surface area contributed by atoms with Crippen LogP contribution in [0.5, 0.6) is 0 Å². The molecule has 0 bridgehead atoms. The van der Waals surface area contributed by atoms with E-state index in [1.165, 1.54) is 0 Å². The Balaban J connectivity index is 1.96. The molecular weight excluding hydrogens is 615 g/mol. The third kappa shape index (κ3) is 4.64. The van der Waals surface area contributed by atoms with E-state index in [1.54, 1.807) is 0 Å². The molecule has 1 fully saturated rings. The minimum Gasteiger partial charge on any atom is -0.479 e. The maximum atomic E-state index is 12.2. The van der Waals surface area contributed by atoms with Crippen LogP contribution in [0.15, 0.2) is 12.1 Å². The van der Waals surface area contributed by atoms with Crippen molar-refractivity contribution in [3.63, 3.8) is 0 Å². The molecule has 0 radical (unpaired) electrons. The first-order valence-electron chi connectivity index (χ1n) is 6.19. The van der Waals surface area contributed by atoms with E-state index < -0.39 is 12.1 Å². The van der Waals surface area contributed by atoms with E-state index in [4.69, 9.17) is 9.84 Å². The van der Waals surface area contributed by atoms with Crippen LogP contribution in [0.25, 0.3) is 0 Å². The average Bonchev–Trinajstić information content (AvgIpc) is 2.89. The van der Waals surface area contributed by atoms with Gasteiger partial charge in [-0.25, -0.2) is 4.79 Å². The lowest BCUT2D eigenvalue weighted by Crippen LogP contribution is -2.33. The zero-order chi connectivity index (χ0) is 15.6. The third-order valence-electron chi connectivity index (χ3n) is 3.11. The topological polar surface area (TPSA) is 75.6 Å². The Morgan fingerprint density at radius 2 is 2.00 bits per heavy atom. The number of carbonyl (C=O) groups excluding carboxylic acids is 1. The van der Waals surface area contributed by atoms with Crippen molar-refractivity contribution in [2.45, 2.75) is 25.0 Å². The van der Waals surface area contributed by atoms with Crippen molar-refractivity contribution in [3.05, 3.63) is 28.4 Å². The SMILES string of the molecule is O=C(NCC1CCC(C(=O)O)O1)c1cc(I)cc(I)c1I. The molecule has 8 heteroatoms. The van der Waals surface area contributed by atoms with Crippen molar-refractivity contribution < 1.29 is 19.4 Å². The van der Waals surface area contributed by atoms with Crippen molar-refractivity contribution in [3.8, 4) is 0 Å². The lowest BCUT2D eigenvalue weighted by Gasteiger charge is -2.13. The first-order valence-corrected chi connectivity index (χ1v) is 9.43. The van der Waals surface area contributed by atoms with E-state index in [1.807, 2.05) is 12.1 Å². The number of benzene rings is 1. The molecule has 0 saturated carbocycles. The molecule has 1 amide bonds. The lowest BCUT2D eigenvalue weighted by atomic mass is 10.2. The maximum Gasteiger partial charge on any atom is 0.332 e. The van der Waals surface area contributed by atoms with Crippen molar-refractivity contribution in [2.24, 2.45) is 0 Å². The van der Waals surface area contributed by atoms with Gasteiger partial charge in [-0.1, -0.05) is 0 Å². The molecule has 0 aromatic heterocycles. The molecule has 2 rings (SSSR count). The average molecular weight is 627 g/mol. The van der Waals surface area contributed by atoms with Gasteiger partial charge in [0.1, 0.15) is 0 Å². The molecule has 1 saturated heterocycles. The Morgan fingerprint density at radius 3 is 2.62 bits per heavy atom. The number of amides is 1. The van der Waals surface area contributed by atoms with Crippen LogP contribution in [0.2, 0.25) is 0 Å². The van der Waals surface area contributed by atoms with Crippen LogP contribution in [0.1, 0.15) is 23.2 Å². The predicted octanol–water partition coefficient (Wildman–Crippen LogP) is 2.86. The largest absolute Gasteiger partial charge is 0.479 e. The number of halogens is 3. The Labute approximate surface area is 163 Å². The molecule has 0 aliphatic carbocycles. The van der Waals surface area contributed by atoms with E-state index in [0.29, 0.717) is 24.9 Å². The Hall–Kier alpha value is 0.310. The number of carboxylic acid groups (broad SMARTS) is 1. The zero-order valence-corrected chi connectivity index (χ0v) is 17.2. The first-order chi connectivity index (χ1) is 9.88. The lowest BCUT2D eigenvalue weighted by molar-refractivity contribution is -0.149. The van der Waals surface area contributed by atoms with Gasteiger partial charge in [0.25, 0.3) is 5.91 Å². The summed E-state index contributed by atoms with van der Waals surface area (Å²) in [5, 5.41) is 11.7. The van der Waals surface area contributed by atoms with Gasteiger partial charge in [-0.05, 0) is 92.7 Å². The van der Waals surface area contributed by atoms with Crippen LogP contribution in [-0.2, 0) is 9.53 Å². The quantitative estimate of drug-likeness (QED) is 0.398. The summed E-state index contributed by atoms with van der Waals surface area (Å²) >= 11 is 6.54. The molecule has 2 unspecified atom stereocenters. The van der Waals surface area contributed by atoms with E-state index in [-0.39, 0.29) is 12.0 Å². The van der Waals surface area contributed by atoms with Gasteiger partial charge in [-0.3, -0.25) is 4.79 Å². The molecule has 0 spiro atoms. The summed E-state index contributed by atoms with van der Waals surface area (Å²) in [7, 11) is 0. The van der Waals surface area contributed by atoms with Crippen LogP contribution in [0.4, 0.5) is 0 Å². The van der Waals surface area contributed by atoms with Gasteiger partial charge < -0.3 is 15.2 Å². The van der Waals surface area contributed by atoms with Crippen molar-refractivity contribution >= 4 is 79.6 Å². The second-order valence-corrected chi connectivity index (χ2v) is 8.11. The number of aliphatic carboxylic acids is 1. The molecule has 1 aromatic rings. The normalized spacial score (nSPS) is 21.3. The molecule has 2 atom stereocenters. The van der Waals surface area contributed by atoms with E-state index in [9.17, 15) is 9.59 Å². The van der Waals surface area contributed by atoms with Gasteiger partial charge in [0.05, 0.1) is 11.7 Å². The molecule has 1 aromatic carbocycles. The monoisotopic (exact) mass is 627 g/mol. The van der Waals surface area contributed by atoms with Crippen molar-refractivity contribution in [1.29, 1.82) is 0 Å². The molecule has 114 valence electrons. The fraction of sp³-hybridized carbons (Fsp3) is 0.385. The minimum absolute atomic E-state index is 0.154. The van der Waals surface area contributed by atoms with Gasteiger partial charge >= 0.3 is 5.97 Å². The van der Waals surface area contributed by atoms with Gasteiger partial charge in [0.15, 0.2) is 6.10 Å². The first kappa shape index (κ1) is 17.7. The summed E-state index contributed by atoms with van der Waals surface area (Å²) in [6.45, 7) is 0.334. The van der Waals surface area contributed by atoms with Gasteiger partial charge in [0, 0.05) is 17.3 Å². The van der Waals surface area contributed by atoms with E-state index >= 15 is 0 Å². The van der Waals surface area contributed by atoms with E-state index in [0.717, 1.165) is 10.7 Å². The highest BCUT2D eigenvalue weighted by atomic mass is 127. The summed E-state index contributed by atoms with van der Waals surface area (Å²) in [5.41, 5.74) is 0.639. The second-order valence-electron chi connectivity index (χ2n) is 4.62. The molecule has 2 N–H and O–H groups in total. The molecule has 1 aliphatic rings. The number of hydrogen-bond acceptors (Lipinski definition) is 3. The standard InChI is InChI=1S/C13H12I3NO4/c14-6-3-8(11(16)9(15)4-6)12(18)17-5-7-1-2-10(21-7)13(19)20/h3-4,7,10H,1-2,5H2,(H,17,18)(H,19,20). The highest BCUT2D eigenvalue weighted by Gasteiger charge is 2.30. The van der Waals surface area contributed by atoms with Crippen LogP contribution in [0.3, 0.4) is 0 Å². The van der Waals surface area contributed by atoms with Crippen LogP contribution < -0.4 is 5.32 Å². The number of carbonyl (C=O) groups is 2. The van der Waals surface area contributed by atoms with Crippen LogP contribution >= 0.6 is 67.8 Å². The van der Waals surface area contributed by atoms with Crippen LogP contribution in [-0.4, -0.2) is 35.7 Å². The summed E-state index contributed by atoms with van der Waals surface area (Å²) in [6.07, 6.45) is 0.174. The van der Waals surface area contributed by atoms with Crippen LogP contribution in [0, 0.1) is 10.7 Å². The third-order valence-corrected chi connectivity index (χ3v) is 6.78. The molecule has 21 heavy (non-hydrogen) atoms. The zero-order valence-electron chi connectivity index (χ0n) is 10.7. The Kier molecular flexibility index (Phi) is 6.50. The number of carboxylic acids is 1. The van der Waals surface area contributed by atoms with Crippen molar-refractivity contribution in [2.75, 3.05) is 6.54 Å². The highest BCUT2D eigenvalue weighted by Crippen LogP contribution is 2.23. The summed E-state index contributed by atoms with van der Waals surface area (Å²) in [4.78, 5) is 23.1. The molecule has 5 nitrogen and oxygen atoms in total. The fourth-order valence-corrected chi connectivity index (χ4v) is 4.46. The highest BCUT2D eigenvalue weighted by molar-refractivity contribution is 14.1. The minimum atomic E-state index is -0.939. The molecule has 1 aliphatic heterocycles. The number of ether oxygens (including phenoxy) is 1. The second kappa shape index (κ2) is 7.73. The Bertz CT molecular complexity index is 579. The summed E-state index contributed by atoms with van der Waals surface area (Å²) in [6, 6.07) is 3.85. The van der Waals surface area contributed by atoms with Gasteiger partial charge in [-0.2, -0.15) is 0 Å². The van der Waals surface area contributed by atoms with E-state index in [2.05, 4.69) is 73.1 Å². The smallest absolute Gasteiger partial charge is 0.332 e. The molecular formula is C13H12I3NO4. The maximum absolute atomic E-state index is 12.2. The number of rotatable bonds is 4. The fourth-order valence-electron chi connectivity index (χ4n) is 2.06. The number of hydrogen-bond donors (Lipinski definition) is 2. The summed E-state index contributed by atoms with van der Waals surface area (Å²) < 4.78 is 8.33. The Morgan fingerprint density at radius 1 is 1.29 bits per heavy atom. The molecule has 1 heterocycles. The number of nitrogens with one attached hydrogen (secondary N) is 1. The summed E-state index contributed by atoms with van der Waals surface area (Å²) in [5.74, 6) is -1.09. The predicted molar refractivity (Wildman–Crippen MR) is 102 cm³/mol. The van der Waals surface area contributed by atoms with Gasteiger partial charge in [0.2, 0.25) is 0 Å². The van der Waals surface area contributed by atoms with Crippen molar-refractivity contribution in [1.82, 2.24) is 5.32 Å². The van der Waals surface area contributed by atoms with Gasteiger partial charge in [-0.15, -0.1) is 0 Å².